The van der Waals surface area contributed by atoms with Gasteiger partial charge in [0.2, 0.25) is 5.95 Å². The van der Waals surface area contributed by atoms with Crippen LogP contribution in [-0.2, 0) is 19.1 Å². The predicted molar refractivity (Wildman–Crippen MR) is 145 cm³/mol. The molecule has 2 heterocycles. The Morgan fingerprint density at radius 2 is 2.00 bits per heavy atom. The summed E-state index contributed by atoms with van der Waals surface area (Å²) in [6.45, 7) is 8.43. The number of aliphatic hydroxyl groups is 1. The van der Waals surface area contributed by atoms with Crippen LogP contribution in [0.15, 0.2) is 47.6 Å². The average Bonchev–Trinajstić information content (AvgIpc) is 3.35. The summed E-state index contributed by atoms with van der Waals surface area (Å²) < 4.78 is 16.2. The Morgan fingerprint density at radius 3 is 2.47 bits per heavy atom. The van der Waals surface area contributed by atoms with E-state index in [1.165, 1.54) is 0 Å². The molecule has 0 aliphatic carbocycles. The molecule has 0 spiro atoms. The summed E-state index contributed by atoms with van der Waals surface area (Å²) in [6, 6.07) is 10.6. The fourth-order valence-electron chi connectivity index (χ4n) is 2.67. The van der Waals surface area contributed by atoms with E-state index in [0.717, 1.165) is 5.69 Å². The molecular weight excluding hydrogens is 480 g/mol. The largest absolute Gasteiger partial charge is 0.468 e. The van der Waals surface area contributed by atoms with Gasteiger partial charge in [0.15, 0.2) is 0 Å². The molecule has 3 rings (SSSR count). The Morgan fingerprint density at radius 1 is 1.33 bits per heavy atom. The first-order valence-electron chi connectivity index (χ1n) is 11.3. The van der Waals surface area contributed by atoms with Crippen molar-refractivity contribution in [2.75, 3.05) is 30.1 Å². The molecule has 11 heteroatoms. The van der Waals surface area contributed by atoms with Gasteiger partial charge in [-0.15, -0.1) is 0 Å². The summed E-state index contributed by atoms with van der Waals surface area (Å²) in [5.74, 6) is 4.55. The topological polar surface area (TPSA) is 153 Å². The number of nitrogens with zero attached hydrogens (tertiary/aromatic N) is 3. The maximum atomic E-state index is 12.0. The van der Waals surface area contributed by atoms with E-state index in [1.807, 2.05) is 20.8 Å². The number of aliphatic hydroxyl groups excluding tert-OH is 1. The molecule has 0 fully saturated rings. The zero-order valence-corrected chi connectivity index (χ0v) is 22.1. The number of carbonyl (C=O) groups is 1. The van der Waals surface area contributed by atoms with Gasteiger partial charge in [-0.1, -0.05) is 13.8 Å². The molecule has 4 N–H and O–H groups in total. The molecule has 3 aromatic rings. The molecule has 0 saturated heterocycles. The Labute approximate surface area is 212 Å². The van der Waals surface area contributed by atoms with E-state index in [4.69, 9.17) is 5.26 Å². The first-order chi connectivity index (χ1) is 17.2. The van der Waals surface area contributed by atoms with Gasteiger partial charge < -0.3 is 25.5 Å². The second kappa shape index (κ2) is 15.2. The molecule has 10 nitrogen and oxygen atoms in total. The van der Waals surface area contributed by atoms with E-state index in [1.54, 1.807) is 55.9 Å². The van der Waals surface area contributed by atoms with Crippen molar-refractivity contribution < 1.29 is 18.8 Å². The van der Waals surface area contributed by atoms with Crippen molar-refractivity contribution in [3.05, 3.63) is 48.3 Å². The molecule has 0 aliphatic heterocycles. The number of nitrogens with one attached hydrogen (secondary N) is 3. The van der Waals surface area contributed by atoms with E-state index in [9.17, 15) is 14.1 Å². The lowest BCUT2D eigenvalue weighted by Gasteiger charge is -2.16. The van der Waals surface area contributed by atoms with Crippen LogP contribution >= 0.6 is 0 Å². The fourth-order valence-corrected chi connectivity index (χ4v) is 3.38. The number of benzene rings is 1. The van der Waals surface area contributed by atoms with Crippen molar-refractivity contribution in [2.45, 2.75) is 38.6 Å². The third-order valence-corrected chi connectivity index (χ3v) is 5.66. The molecule has 194 valence electrons. The normalized spacial score (nSPS) is 12.2. The number of H-pyrrole nitrogens is 1. The van der Waals surface area contributed by atoms with Crippen LogP contribution < -0.4 is 10.6 Å². The number of aromatic amines is 1. The van der Waals surface area contributed by atoms with Crippen LogP contribution in [0.1, 0.15) is 33.3 Å². The zero-order valence-electron chi connectivity index (χ0n) is 21.2. The highest BCUT2D eigenvalue weighted by molar-refractivity contribution is 7.99. The number of nitriles is 1. The summed E-state index contributed by atoms with van der Waals surface area (Å²) in [4.78, 5) is 21.8. The molecular formula is C25H34N6O4S. The molecule has 0 aliphatic rings. The van der Waals surface area contributed by atoms with E-state index in [2.05, 4.69) is 42.3 Å². The predicted octanol–water partition coefficient (Wildman–Crippen LogP) is 3.79. The highest BCUT2D eigenvalue weighted by atomic mass is 32.2. The second-order valence-corrected chi connectivity index (χ2v) is 9.78. The number of hydrogen-bond donors (Lipinski definition) is 4. The highest BCUT2D eigenvalue weighted by Crippen LogP contribution is 2.28. The van der Waals surface area contributed by atoms with Gasteiger partial charge in [-0.2, -0.15) is 10.2 Å². The van der Waals surface area contributed by atoms with Crippen molar-refractivity contribution in [2.24, 2.45) is 0 Å². The first kappa shape index (κ1) is 30.2. The fraction of sp³-hybridized carbons (Fsp3) is 0.320. The van der Waals surface area contributed by atoms with Crippen molar-refractivity contribution in [3.63, 3.8) is 0 Å². The average molecular weight is 515 g/mol. The van der Waals surface area contributed by atoms with Gasteiger partial charge in [0, 0.05) is 35.3 Å². The van der Waals surface area contributed by atoms with Crippen LogP contribution in [0.2, 0.25) is 0 Å². The SMILES string of the molecule is C=S(C)(=O)c1ccc(Nc2ncc(-c3cc(C#N)c[nH]3)c(N[C@H](C)CO)n2)cc1.CC.CCOC=O. The molecule has 36 heavy (non-hydrogen) atoms. The van der Waals surface area contributed by atoms with Crippen LogP contribution in [0.4, 0.5) is 17.5 Å². The second-order valence-electron chi connectivity index (χ2n) is 7.30. The van der Waals surface area contributed by atoms with Crippen LogP contribution in [0.5, 0.6) is 0 Å². The van der Waals surface area contributed by atoms with Crippen LogP contribution in [0, 0.1) is 11.3 Å². The Kier molecular flexibility index (Phi) is 12.7. The quantitative estimate of drug-likeness (QED) is 0.247. The lowest BCUT2D eigenvalue weighted by Crippen LogP contribution is -2.21. The number of carbonyl (C=O) groups excluding carboxylic acids is 1. The maximum Gasteiger partial charge on any atom is 0.293 e. The number of rotatable bonds is 9. The molecule has 0 radical (unpaired) electrons. The van der Waals surface area contributed by atoms with E-state index in [-0.39, 0.29) is 12.6 Å². The first-order valence-corrected chi connectivity index (χ1v) is 13.4. The zero-order chi connectivity index (χ0) is 27.1. The summed E-state index contributed by atoms with van der Waals surface area (Å²) in [5, 5.41) is 24.7. The minimum absolute atomic E-state index is 0.0663. The molecule has 1 aromatic carbocycles. The van der Waals surface area contributed by atoms with Gasteiger partial charge in [0.05, 0.1) is 30.0 Å². The van der Waals surface area contributed by atoms with Gasteiger partial charge in [0.1, 0.15) is 11.9 Å². The van der Waals surface area contributed by atoms with E-state index < -0.39 is 9.52 Å². The molecule has 2 aromatic heterocycles. The Bertz CT molecular complexity index is 1230. The standard InChI is InChI=1S/C20H22N6O2S.C3H6O2.C2H6/c1-13(12-27)24-19-17(18-8-14(9-21)10-22-18)11-23-20(26-19)25-15-4-6-16(7-5-15)29(2,3)28;1-2-5-3-4;1-2/h4-8,10-11,13,22,27H,2,12H2,1,3H3,(H2,23,24,25,26);3H,2H2,1H3;1-2H3/t13-,29?;;/m1../s1. The molecule has 0 bridgehead atoms. The Balaban J connectivity index is 0.000000826. The van der Waals surface area contributed by atoms with Gasteiger partial charge in [-0.25, -0.2) is 4.98 Å². The lowest BCUT2D eigenvalue weighted by molar-refractivity contribution is -0.128. The van der Waals surface area contributed by atoms with E-state index in [0.29, 0.717) is 46.6 Å². The minimum Gasteiger partial charge on any atom is -0.468 e. The third-order valence-electron chi connectivity index (χ3n) is 4.39. The van der Waals surface area contributed by atoms with Gasteiger partial charge >= 0.3 is 0 Å². The molecule has 1 unspecified atom stereocenters. The number of ether oxygens (including phenoxy) is 1. The summed E-state index contributed by atoms with van der Waals surface area (Å²) in [7, 11) is -2.27. The number of aromatic nitrogens is 3. The van der Waals surface area contributed by atoms with Crippen LogP contribution in [-0.4, -0.2) is 62.1 Å². The summed E-state index contributed by atoms with van der Waals surface area (Å²) in [5.41, 5.74) is 2.60. The molecule has 2 atom stereocenters. The number of anilines is 3. The smallest absolute Gasteiger partial charge is 0.293 e. The van der Waals surface area contributed by atoms with Gasteiger partial charge in [-0.05, 0) is 59.6 Å². The maximum absolute atomic E-state index is 12.0. The van der Waals surface area contributed by atoms with Crippen molar-refractivity contribution >= 4 is 39.3 Å². The van der Waals surface area contributed by atoms with Crippen LogP contribution in [0.3, 0.4) is 0 Å². The highest BCUT2D eigenvalue weighted by Gasteiger charge is 2.14. The van der Waals surface area contributed by atoms with Crippen molar-refractivity contribution in [3.8, 4) is 17.3 Å². The molecule has 0 amide bonds. The van der Waals surface area contributed by atoms with Gasteiger partial charge in [0.25, 0.3) is 6.47 Å². The van der Waals surface area contributed by atoms with Gasteiger partial charge in [-0.3, -0.25) is 9.00 Å². The monoisotopic (exact) mass is 514 g/mol. The van der Waals surface area contributed by atoms with Crippen LogP contribution in [0.25, 0.3) is 11.3 Å². The van der Waals surface area contributed by atoms with E-state index >= 15 is 0 Å². The minimum atomic E-state index is -2.27. The third kappa shape index (κ3) is 9.40. The number of hydrogen-bond acceptors (Lipinski definition) is 9. The summed E-state index contributed by atoms with van der Waals surface area (Å²) >= 11 is 0. The lowest BCUT2D eigenvalue weighted by atomic mass is 10.2. The van der Waals surface area contributed by atoms with Crippen molar-refractivity contribution in [1.29, 1.82) is 5.26 Å². The molecule has 0 saturated carbocycles. The Hall–Kier alpha value is -3.88. The van der Waals surface area contributed by atoms with Crippen molar-refractivity contribution in [1.82, 2.24) is 15.0 Å². The summed E-state index contributed by atoms with van der Waals surface area (Å²) in [6.07, 6.45) is 4.84.